The first-order valence-corrected chi connectivity index (χ1v) is 5.90. The van der Waals surface area contributed by atoms with Crippen LogP contribution >= 0.6 is 0 Å². The van der Waals surface area contributed by atoms with E-state index in [1.807, 2.05) is 6.92 Å². The second-order valence-electron chi connectivity index (χ2n) is 4.08. The predicted octanol–water partition coefficient (Wildman–Crippen LogP) is 1.59. The first-order chi connectivity index (χ1) is 8.54. The summed E-state index contributed by atoms with van der Waals surface area (Å²) in [6.45, 7) is 2.59. The van der Waals surface area contributed by atoms with Gasteiger partial charge in [-0.3, -0.25) is 9.59 Å². The van der Waals surface area contributed by atoms with Crippen LogP contribution < -0.4 is 5.32 Å². The van der Waals surface area contributed by atoms with Crippen molar-refractivity contribution >= 4 is 17.5 Å². The van der Waals surface area contributed by atoms with Crippen molar-refractivity contribution in [2.24, 2.45) is 0 Å². The number of rotatable bonds is 4. The Balaban J connectivity index is 2.54. The Morgan fingerprint density at radius 2 is 1.89 bits per heavy atom. The van der Waals surface area contributed by atoms with Crippen molar-refractivity contribution in [2.75, 3.05) is 18.9 Å². The van der Waals surface area contributed by atoms with Crippen LogP contribution in [0.5, 0.6) is 5.75 Å². The van der Waals surface area contributed by atoms with Crippen LogP contribution in [0.3, 0.4) is 0 Å². The highest BCUT2D eigenvalue weighted by Crippen LogP contribution is 2.13. The lowest BCUT2D eigenvalue weighted by atomic mass is 10.3. The molecule has 0 unspecified atom stereocenters. The number of nitrogens with one attached hydrogen (secondary N) is 1. The van der Waals surface area contributed by atoms with Crippen molar-refractivity contribution in [1.29, 1.82) is 0 Å². The molecule has 5 nitrogen and oxygen atoms in total. The Labute approximate surface area is 106 Å². The van der Waals surface area contributed by atoms with Gasteiger partial charge in [-0.25, -0.2) is 0 Å². The van der Waals surface area contributed by atoms with Crippen molar-refractivity contribution in [3.05, 3.63) is 24.3 Å². The summed E-state index contributed by atoms with van der Waals surface area (Å²) in [5.41, 5.74) is 0.482. The molecule has 2 N–H and O–H groups in total. The summed E-state index contributed by atoms with van der Waals surface area (Å²) in [6.07, 6.45) is 1.84. The summed E-state index contributed by atoms with van der Waals surface area (Å²) in [4.78, 5) is 24.7. The molecular formula is C13H18N2O3. The van der Waals surface area contributed by atoms with E-state index in [0.717, 1.165) is 12.8 Å². The van der Waals surface area contributed by atoms with Crippen molar-refractivity contribution < 1.29 is 14.7 Å². The Morgan fingerprint density at radius 3 is 2.44 bits per heavy atom. The maximum atomic E-state index is 11.7. The molecule has 0 heterocycles. The number of phenolic OH excluding ortho intramolecular Hbond substituents is 1. The number of likely N-dealkylation sites (N-methyl/N-ethyl adjacent to an activating group) is 1. The van der Waals surface area contributed by atoms with Gasteiger partial charge in [0.2, 0.25) is 0 Å². The van der Waals surface area contributed by atoms with Crippen molar-refractivity contribution in [3.8, 4) is 5.75 Å². The lowest BCUT2D eigenvalue weighted by Gasteiger charge is -2.15. The van der Waals surface area contributed by atoms with Crippen LogP contribution in [-0.2, 0) is 9.59 Å². The molecule has 5 heteroatoms. The van der Waals surface area contributed by atoms with E-state index in [0.29, 0.717) is 12.2 Å². The number of benzene rings is 1. The molecule has 1 rings (SSSR count). The van der Waals surface area contributed by atoms with Gasteiger partial charge in [-0.15, -0.1) is 0 Å². The molecule has 1 aromatic carbocycles. The predicted molar refractivity (Wildman–Crippen MR) is 69.3 cm³/mol. The number of phenols is 1. The molecular weight excluding hydrogens is 232 g/mol. The highest BCUT2D eigenvalue weighted by atomic mass is 16.3. The molecule has 0 bridgehead atoms. The molecule has 0 aliphatic rings. The Hall–Kier alpha value is -2.04. The fourth-order valence-corrected chi connectivity index (χ4v) is 1.40. The number of amides is 2. The van der Waals surface area contributed by atoms with Gasteiger partial charge in [0.1, 0.15) is 5.75 Å². The lowest BCUT2D eigenvalue weighted by Crippen LogP contribution is -2.37. The third-order valence-corrected chi connectivity index (χ3v) is 2.51. The number of hydrogen-bond acceptors (Lipinski definition) is 3. The smallest absolute Gasteiger partial charge is 0.313 e. The second-order valence-corrected chi connectivity index (χ2v) is 4.08. The molecule has 18 heavy (non-hydrogen) atoms. The maximum Gasteiger partial charge on any atom is 0.313 e. The highest BCUT2D eigenvalue weighted by Gasteiger charge is 2.17. The summed E-state index contributed by atoms with van der Waals surface area (Å²) in [5.74, 6) is -1.12. The molecule has 0 aliphatic heterocycles. The standard InChI is InChI=1S/C13H18N2O3/c1-3-4-9-15(2)13(18)12(17)14-10-5-7-11(16)8-6-10/h5-8,16H,3-4,9H2,1-2H3,(H,14,17). The van der Waals surface area contributed by atoms with E-state index >= 15 is 0 Å². The summed E-state index contributed by atoms with van der Waals surface area (Å²) >= 11 is 0. The van der Waals surface area contributed by atoms with Crippen molar-refractivity contribution in [2.45, 2.75) is 19.8 Å². The van der Waals surface area contributed by atoms with E-state index in [1.165, 1.54) is 29.2 Å². The van der Waals surface area contributed by atoms with E-state index in [2.05, 4.69) is 5.32 Å². The molecule has 0 saturated carbocycles. The fraction of sp³-hybridized carbons (Fsp3) is 0.385. The largest absolute Gasteiger partial charge is 0.508 e. The fourth-order valence-electron chi connectivity index (χ4n) is 1.40. The van der Waals surface area contributed by atoms with Crippen LogP contribution in [0.1, 0.15) is 19.8 Å². The number of anilines is 1. The molecule has 0 spiro atoms. The molecule has 0 fully saturated rings. The number of carbonyl (C=O) groups is 2. The van der Waals surface area contributed by atoms with Crippen LogP contribution in [0.4, 0.5) is 5.69 Å². The summed E-state index contributed by atoms with van der Waals surface area (Å²) in [6, 6.07) is 5.96. The van der Waals surface area contributed by atoms with Gasteiger partial charge in [-0.1, -0.05) is 13.3 Å². The van der Waals surface area contributed by atoms with E-state index in [9.17, 15) is 9.59 Å². The average molecular weight is 250 g/mol. The van der Waals surface area contributed by atoms with E-state index in [4.69, 9.17) is 5.11 Å². The SMILES string of the molecule is CCCCN(C)C(=O)C(=O)Nc1ccc(O)cc1. The first-order valence-electron chi connectivity index (χ1n) is 5.90. The summed E-state index contributed by atoms with van der Waals surface area (Å²) < 4.78 is 0. The monoisotopic (exact) mass is 250 g/mol. The molecule has 0 atom stereocenters. The Bertz CT molecular complexity index is 415. The average Bonchev–Trinajstić information content (AvgIpc) is 2.37. The number of nitrogens with zero attached hydrogens (tertiary/aromatic N) is 1. The van der Waals surface area contributed by atoms with Crippen LogP contribution in [0, 0.1) is 0 Å². The number of aromatic hydroxyl groups is 1. The van der Waals surface area contributed by atoms with E-state index in [1.54, 1.807) is 7.05 Å². The zero-order chi connectivity index (χ0) is 13.5. The minimum absolute atomic E-state index is 0.111. The van der Waals surface area contributed by atoms with Gasteiger partial charge in [0, 0.05) is 19.3 Å². The van der Waals surface area contributed by atoms with Crippen LogP contribution in [0.15, 0.2) is 24.3 Å². The quantitative estimate of drug-likeness (QED) is 0.629. The normalized spacial score (nSPS) is 9.89. The minimum Gasteiger partial charge on any atom is -0.508 e. The van der Waals surface area contributed by atoms with Gasteiger partial charge in [0.15, 0.2) is 0 Å². The van der Waals surface area contributed by atoms with Gasteiger partial charge in [-0.2, -0.15) is 0 Å². The van der Waals surface area contributed by atoms with Gasteiger partial charge in [0.25, 0.3) is 0 Å². The zero-order valence-corrected chi connectivity index (χ0v) is 10.6. The van der Waals surface area contributed by atoms with Crippen molar-refractivity contribution in [1.82, 2.24) is 4.90 Å². The minimum atomic E-state index is -0.667. The van der Waals surface area contributed by atoms with Crippen LogP contribution in [0.25, 0.3) is 0 Å². The molecule has 0 radical (unpaired) electrons. The number of hydrogen-bond donors (Lipinski definition) is 2. The highest BCUT2D eigenvalue weighted by molar-refractivity contribution is 6.39. The summed E-state index contributed by atoms with van der Waals surface area (Å²) in [5, 5.41) is 11.6. The molecule has 1 aromatic rings. The summed E-state index contributed by atoms with van der Waals surface area (Å²) in [7, 11) is 1.61. The Kier molecular flexibility index (Phi) is 5.17. The molecule has 98 valence electrons. The van der Waals surface area contributed by atoms with E-state index in [-0.39, 0.29) is 5.75 Å². The lowest BCUT2D eigenvalue weighted by molar-refractivity contribution is -0.142. The van der Waals surface area contributed by atoms with Crippen LogP contribution in [-0.4, -0.2) is 35.4 Å². The maximum absolute atomic E-state index is 11.7. The topological polar surface area (TPSA) is 69.6 Å². The van der Waals surface area contributed by atoms with Gasteiger partial charge >= 0.3 is 11.8 Å². The third-order valence-electron chi connectivity index (χ3n) is 2.51. The molecule has 0 aromatic heterocycles. The van der Waals surface area contributed by atoms with Crippen molar-refractivity contribution in [3.63, 3.8) is 0 Å². The molecule has 2 amide bonds. The molecule has 0 saturated heterocycles. The zero-order valence-electron chi connectivity index (χ0n) is 10.6. The van der Waals surface area contributed by atoms with Gasteiger partial charge in [0.05, 0.1) is 0 Å². The molecule has 0 aliphatic carbocycles. The third kappa shape index (κ3) is 4.08. The number of unbranched alkanes of at least 4 members (excludes halogenated alkanes) is 1. The van der Waals surface area contributed by atoms with Crippen LogP contribution in [0.2, 0.25) is 0 Å². The number of carbonyl (C=O) groups excluding carboxylic acids is 2. The Morgan fingerprint density at radius 1 is 1.28 bits per heavy atom. The van der Waals surface area contributed by atoms with E-state index < -0.39 is 11.8 Å². The second kappa shape index (κ2) is 6.64. The van der Waals surface area contributed by atoms with Gasteiger partial charge < -0.3 is 15.3 Å². The first kappa shape index (κ1) is 14.0. The van der Waals surface area contributed by atoms with Gasteiger partial charge in [-0.05, 0) is 30.7 Å².